The molecule has 0 aromatic heterocycles. The molecule has 9 heteroatoms. The van der Waals surface area contributed by atoms with Crippen LogP contribution in [-0.2, 0) is 19.6 Å². The molecule has 2 saturated heterocycles. The average Bonchev–Trinajstić information content (AvgIpc) is 2.81. The summed E-state index contributed by atoms with van der Waals surface area (Å²) in [6.07, 6.45) is 3.24. The van der Waals surface area contributed by atoms with Crippen LogP contribution in [0.15, 0.2) is 29.2 Å². The molecule has 1 amide bonds. The number of hydrogen-bond donors (Lipinski definition) is 1. The second kappa shape index (κ2) is 12.1. The van der Waals surface area contributed by atoms with Gasteiger partial charge in [0.15, 0.2) is 0 Å². The maximum absolute atomic E-state index is 13.0. The van der Waals surface area contributed by atoms with Gasteiger partial charge < -0.3 is 15.0 Å². The van der Waals surface area contributed by atoms with Gasteiger partial charge in [0.25, 0.3) is 0 Å². The summed E-state index contributed by atoms with van der Waals surface area (Å²) in [5.74, 6) is 0.854. The van der Waals surface area contributed by atoms with Gasteiger partial charge in [0.2, 0.25) is 15.9 Å². The fourth-order valence-corrected chi connectivity index (χ4v) is 6.59. The molecule has 0 aliphatic carbocycles. The van der Waals surface area contributed by atoms with Crippen molar-refractivity contribution in [3.63, 3.8) is 0 Å². The van der Waals surface area contributed by atoms with Crippen molar-refractivity contribution in [2.75, 3.05) is 45.9 Å². The smallest absolute Gasteiger partial charge is 0.338 e. The van der Waals surface area contributed by atoms with Crippen LogP contribution in [-0.4, -0.2) is 75.4 Å². The topological polar surface area (TPSA) is 96.0 Å². The highest BCUT2D eigenvalue weighted by Gasteiger charge is 2.32. The van der Waals surface area contributed by atoms with E-state index in [1.807, 2.05) is 0 Å². The number of esters is 1. The molecule has 1 aromatic rings. The van der Waals surface area contributed by atoms with Gasteiger partial charge in [0.1, 0.15) is 0 Å². The van der Waals surface area contributed by atoms with E-state index in [4.69, 9.17) is 4.74 Å². The van der Waals surface area contributed by atoms with Crippen molar-refractivity contribution in [1.29, 1.82) is 0 Å². The van der Waals surface area contributed by atoms with Gasteiger partial charge in [-0.3, -0.25) is 4.79 Å². The van der Waals surface area contributed by atoms with Crippen molar-refractivity contribution in [2.45, 2.75) is 51.3 Å². The lowest BCUT2D eigenvalue weighted by Gasteiger charge is -2.35. The van der Waals surface area contributed by atoms with Crippen LogP contribution in [0.5, 0.6) is 0 Å². The summed E-state index contributed by atoms with van der Waals surface area (Å²) in [5.41, 5.74) is 0.320. The van der Waals surface area contributed by atoms with E-state index in [1.54, 1.807) is 6.92 Å². The van der Waals surface area contributed by atoms with Crippen LogP contribution in [0.2, 0.25) is 0 Å². The molecule has 2 unspecified atom stereocenters. The number of carbonyl (C=O) groups excluding carboxylic acids is 2. The Balaban J connectivity index is 1.42. The second-order valence-corrected chi connectivity index (χ2v) is 11.7. The van der Waals surface area contributed by atoms with Gasteiger partial charge in [-0.05, 0) is 75.3 Å². The molecule has 0 saturated carbocycles. The summed E-state index contributed by atoms with van der Waals surface area (Å²) < 4.78 is 32.3. The fourth-order valence-electron chi connectivity index (χ4n) is 5.12. The largest absolute Gasteiger partial charge is 0.462 e. The second-order valence-electron chi connectivity index (χ2n) is 9.77. The van der Waals surface area contributed by atoms with Gasteiger partial charge in [-0.25, -0.2) is 13.2 Å². The van der Waals surface area contributed by atoms with Crippen LogP contribution >= 0.6 is 0 Å². The summed E-state index contributed by atoms with van der Waals surface area (Å²) in [5, 5.41) is 3.05. The molecule has 0 radical (unpaired) electrons. The number of amides is 1. The van der Waals surface area contributed by atoms with E-state index in [0.29, 0.717) is 38.0 Å². The summed E-state index contributed by atoms with van der Waals surface area (Å²) in [4.78, 5) is 27.0. The van der Waals surface area contributed by atoms with E-state index >= 15 is 0 Å². The van der Waals surface area contributed by atoms with Gasteiger partial charge in [-0.1, -0.05) is 13.8 Å². The number of hydrogen-bond acceptors (Lipinski definition) is 6. The highest BCUT2D eigenvalue weighted by Crippen LogP contribution is 2.25. The Morgan fingerprint density at radius 2 is 1.68 bits per heavy atom. The first kappa shape index (κ1) is 26.6. The fraction of sp³-hybridized carbons (Fsp3) is 0.680. The Morgan fingerprint density at radius 3 is 2.26 bits per heavy atom. The maximum atomic E-state index is 13.0. The minimum Gasteiger partial charge on any atom is -0.462 e. The lowest BCUT2D eigenvalue weighted by molar-refractivity contribution is -0.126. The van der Waals surface area contributed by atoms with E-state index in [2.05, 4.69) is 24.1 Å². The number of ether oxygens (including phenoxy) is 1. The van der Waals surface area contributed by atoms with Crippen molar-refractivity contribution in [3.05, 3.63) is 29.8 Å². The number of nitrogens with one attached hydrogen (secondary N) is 1. The number of nitrogens with zero attached hydrogens (tertiary/aromatic N) is 2. The molecule has 0 spiro atoms. The summed E-state index contributed by atoms with van der Waals surface area (Å²) in [7, 11) is -3.66. The first-order valence-electron chi connectivity index (χ1n) is 12.5. The van der Waals surface area contributed by atoms with Gasteiger partial charge in [-0.2, -0.15) is 4.31 Å². The molecular formula is C25H39N3O5S. The Kier molecular flexibility index (Phi) is 9.50. The normalized spacial score (nSPS) is 22.9. The van der Waals surface area contributed by atoms with E-state index in [1.165, 1.54) is 35.0 Å². The third-order valence-corrected chi connectivity index (χ3v) is 8.64. The summed E-state index contributed by atoms with van der Waals surface area (Å²) in [6.45, 7) is 11.1. The van der Waals surface area contributed by atoms with Crippen LogP contribution in [0.25, 0.3) is 0 Å². The Hall–Kier alpha value is -1.97. The quantitative estimate of drug-likeness (QED) is 0.420. The third-order valence-electron chi connectivity index (χ3n) is 6.72. The van der Waals surface area contributed by atoms with Crippen molar-refractivity contribution in [1.82, 2.24) is 14.5 Å². The minimum atomic E-state index is -3.66. The molecule has 2 aliphatic rings. The first-order chi connectivity index (χ1) is 16.2. The number of rotatable bonds is 9. The molecular weight excluding hydrogens is 454 g/mol. The highest BCUT2D eigenvalue weighted by atomic mass is 32.2. The van der Waals surface area contributed by atoms with Gasteiger partial charge in [-0.15, -0.1) is 0 Å². The molecule has 1 aromatic carbocycles. The molecule has 1 N–H and O–H groups in total. The summed E-state index contributed by atoms with van der Waals surface area (Å²) in [6, 6.07) is 5.81. The number of likely N-dealkylation sites (tertiary alicyclic amines) is 1. The van der Waals surface area contributed by atoms with Crippen molar-refractivity contribution >= 4 is 21.9 Å². The molecule has 8 nitrogen and oxygen atoms in total. The first-order valence-corrected chi connectivity index (χ1v) is 13.9. The Labute approximate surface area is 204 Å². The van der Waals surface area contributed by atoms with Gasteiger partial charge >= 0.3 is 5.97 Å². The zero-order chi connectivity index (χ0) is 24.7. The van der Waals surface area contributed by atoms with Crippen molar-refractivity contribution in [2.24, 2.45) is 17.8 Å². The predicted molar refractivity (Wildman–Crippen MR) is 131 cm³/mol. The average molecular weight is 494 g/mol. The minimum absolute atomic E-state index is 0.0243. The molecule has 3 rings (SSSR count). The lowest BCUT2D eigenvalue weighted by atomic mass is 9.92. The number of piperidine rings is 2. The molecule has 2 heterocycles. The summed E-state index contributed by atoms with van der Waals surface area (Å²) >= 11 is 0. The Bertz CT molecular complexity index is 916. The van der Waals surface area contributed by atoms with Crippen LogP contribution in [0.4, 0.5) is 0 Å². The van der Waals surface area contributed by atoms with E-state index in [0.717, 1.165) is 37.9 Å². The molecule has 2 atom stereocenters. The molecule has 0 bridgehead atoms. The number of carbonyl (C=O) groups is 2. The molecule has 34 heavy (non-hydrogen) atoms. The lowest BCUT2D eigenvalue weighted by Crippen LogP contribution is -2.43. The van der Waals surface area contributed by atoms with Crippen LogP contribution in [0.1, 0.15) is 56.8 Å². The zero-order valence-electron chi connectivity index (χ0n) is 20.7. The molecule has 190 valence electrons. The van der Waals surface area contributed by atoms with E-state index < -0.39 is 16.0 Å². The number of benzene rings is 1. The third kappa shape index (κ3) is 7.02. The van der Waals surface area contributed by atoms with E-state index in [-0.39, 0.29) is 23.3 Å². The van der Waals surface area contributed by atoms with Gasteiger partial charge in [0.05, 0.1) is 17.1 Å². The standard InChI is InChI=1S/C25H39N3O5S/c1-4-33-25(30)22-6-8-23(9-7-22)34(31,32)28-14-10-21(11-15-28)24(29)26-12-5-13-27-17-19(2)16-20(3)18-27/h6-9,19-21H,4-5,10-18H2,1-3H3,(H,26,29). The van der Waals surface area contributed by atoms with Gasteiger partial charge in [0, 0.05) is 38.6 Å². The van der Waals surface area contributed by atoms with Crippen LogP contribution in [0, 0.1) is 17.8 Å². The van der Waals surface area contributed by atoms with Crippen molar-refractivity contribution in [3.8, 4) is 0 Å². The zero-order valence-corrected chi connectivity index (χ0v) is 21.5. The highest BCUT2D eigenvalue weighted by molar-refractivity contribution is 7.89. The van der Waals surface area contributed by atoms with Crippen LogP contribution in [0.3, 0.4) is 0 Å². The van der Waals surface area contributed by atoms with Crippen LogP contribution < -0.4 is 5.32 Å². The number of sulfonamides is 1. The molecule has 2 aliphatic heterocycles. The molecule has 2 fully saturated rings. The Morgan fingerprint density at radius 1 is 1.06 bits per heavy atom. The van der Waals surface area contributed by atoms with Crippen molar-refractivity contribution < 1.29 is 22.7 Å². The van der Waals surface area contributed by atoms with E-state index in [9.17, 15) is 18.0 Å². The monoisotopic (exact) mass is 493 g/mol. The SMILES string of the molecule is CCOC(=O)c1ccc(S(=O)(=O)N2CCC(C(=O)NCCCN3CC(C)CC(C)C3)CC2)cc1. The maximum Gasteiger partial charge on any atom is 0.338 e. The predicted octanol–water partition coefficient (Wildman–Crippen LogP) is 2.75.